The van der Waals surface area contributed by atoms with Crippen LogP contribution in [0.4, 0.5) is 0 Å². The van der Waals surface area contributed by atoms with E-state index in [1.807, 2.05) is 44.2 Å². The average Bonchev–Trinajstić information content (AvgIpc) is 2.83. The molecule has 0 fully saturated rings. The van der Waals surface area contributed by atoms with Crippen molar-refractivity contribution in [1.29, 1.82) is 0 Å². The second-order valence-corrected chi connectivity index (χ2v) is 12.7. The molecule has 0 saturated heterocycles. The maximum Gasteiger partial charge on any atom is 0.329 e. The standard InChI is InChI=1S/C16H20O6P2.C6H7O6PS/c1-11-7-13(9-23-22-21-17)3-5-15(11)16-6-4-14(8-12(16)2)10-24(18,19)20;7-11-12-13-5-2-1-3-6(4-5)14(8,9)10/h3-8,17,23H,9-10H2,1-2H3,(H2,18,19,20);1-4,7,13H,(H,8,9,10). The van der Waals surface area contributed by atoms with E-state index in [9.17, 15) is 13.0 Å². The molecule has 0 spiro atoms. The van der Waals surface area contributed by atoms with E-state index in [1.54, 1.807) is 12.1 Å². The van der Waals surface area contributed by atoms with E-state index < -0.39 is 17.7 Å². The van der Waals surface area contributed by atoms with Gasteiger partial charge in [0.15, 0.2) is 0 Å². The topological polar surface area (TPSA) is 189 Å². The van der Waals surface area contributed by atoms with Crippen molar-refractivity contribution in [3.63, 3.8) is 0 Å². The molecule has 208 valence electrons. The summed E-state index contributed by atoms with van der Waals surface area (Å²) in [6.45, 7) is 3.94. The fourth-order valence-electron chi connectivity index (χ4n) is 3.43. The highest BCUT2D eigenvalue weighted by Gasteiger charge is 2.15. The van der Waals surface area contributed by atoms with Crippen molar-refractivity contribution >= 4 is 40.6 Å². The van der Waals surface area contributed by atoms with Gasteiger partial charge in [-0.1, -0.05) is 58.6 Å². The Morgan fingerprint density at radius 3 is 1.95 bits per heavy atom. The Hall–Kier alpha value is -1.66. The van der Waals surface area contributed by atoms with Crippen LogP contribution in [0.5, 0.6) is 0 Å². The average molecular weight is 608 g/mol. The Bertz CT molecular complexity index is 1360. The molecule has 0 heterocycles. The molecule has 0 saturated carbocycles. The van der Waals surface area contributed by atoms with Crippen LogP contribution in [0.15, 0.2) is 65.6 Å². The van der Waals surface area contributed by atoms with Gasteiger partial charge in [0.25, 0.3) is 10.1 Å². The molecule has 2 unspecified atom stereocenters. The smallest absolute Gasteiger partial charge is 0.324 e. The van der Waals surface area contributed by atoms with Crippen molar-refractivity contribution < 1.29 is 57.3 Å². The third kappa shape index (κ3) is 11.2. The molecule has 16 heteroatoms. The number of benzene rings is 3. The predicted molar refractivity (Wildman–Crippen MR) is 143 cm³/mol. The van der Waals surface area contributed by atoms with Crippen molar-refractivity contribution in [1.82, 2.24) is 0 Å². The van der Waals surface area contributed by atoms with Gasteiger partial charge in [0.05, 0.1) is 28.7 Å². The molecule has 0 amide bonds. The number of hydrogen-bond donors (Lipinski definition) is 5. The summed E-state index contributed by atoms with van der Waals surface area (Å²) in [5.74, 6) is 0. The first-order valence-electron chi connectivity index (χ1n) is 10.6. The van der Waals surface area contributed by atoms with Crippen molar-refractivity contribution in [2.75, 3.05) is 0 Å². The molecule has 5 N–H and O–H groups in total. The van der Waals surface area contributed by atoms with Crippen LogP contribution in [0.2, 0.25) is 0 Å². The summed E-state index contributed by atoms with van der Waals surface area (Å²) in [5, 5.41) is 23.5. The van der Waals surface area contributed by atoms with E-state index in [-0.39, 0.29) is 28.7 Å². The van der Waals surface area contributed by atoms with Crippen molar-refractivity contribution in [2.24, 2.45) is 0 Å². The fourth-order valence-corrected chi connectivity index (χ4v) is 5.74. The van der Waals surface area contributed by atoms with Crippen molar-refractivity contribution in [3.8, 4) is 11.1 Å². The van der Waals surface area contributed by atoms with Gasteiger partial charge in [0, 0.05) is 11.5 Å². The Labute approximate surface area is 222 Å². The minimum atomic E-state index is -4.20. The molecule has 0 aliphatic heterocycles. The van der Waals surface area contributed by atoms with E-state index in [1.165, 1.54) is 18.2 Å². The third-order valence-electron chi connectivity index (χ3n) is 4.96. The van der Waals surface area contributed by atoms with E-state index in [0.717, 1.165) is 27.8 Å². The summed E-state index contributed by atoms with van der Waals surface area (Å²) < 4.78 is 49.9. The number of rotatable bonds is 11. The van der Waals surface area contributed by atoms with Crippen LogP contribution < -0.4 is 5.30 Å². The van der Waals surface area contributed by atoms with Gasteiger partial charge in [-0.2, -0.15) is 17.8 Å². The quantitative estimate of drug-likeness (QED) is 0.0662. The Morgan fingerprint density at radius 1 is 0.842 bits per heavy atom. The van der Waals surface area contributed by atoms with Gasteiger partial charge in [-0.15, -0.1) is 0 Å². The molecule has 3 aromatic carbocycles. The highest BCUT2D eigenvalue weighted by atomic mass is 32.2. The summed E-state index contributed by atoms with van der Waals surface area (Å²) >= 11 is 0. The molecular formula is C22H27O12P3S. The molecule has 3 rings (SSSR count). The summed E-state index contributed by atoms with van der Waals surface area (Å²) in [7, 11) is -8.62. The molecule has 2 atom stereocenters. The minimum Gasteiger partial charge on any atom is -0.324 e. The Balaban J connectivity index is 0.000000308. The lowest BCUT2D eigenvalue weighted by Crippen LogP contribution is -2.03. The Kier molecular flexibility index (Phi) is 13.0. The van der Waals surface area contributed by atoms with E-state index >= 15 is 0 Å². The number of hydrogen-bond acceptors (Lipinski definition) is 9. The largest absolute Gasteiger partial charge is 0.329 e. The normalized spacial score (nSPS) is 12.3. The third-order valence-corrected chi connectivity index (χ3v) is 8.04. The molecule has 0 aliphatic rings. The highest BCUT2D eigenvalue weighted by molar-refractivity contribution is 7.85. The van der Waals surface area contributed by atoms with E-state index in [4.69, 9.17) is 24.9 Å². The highest BCUT2D eigenvalue weighted by Crippen LogP contribution is 2.40. The Morgan fingerprint density at radius 2 is 1.42 bits per heavy atom. The first-order valence-corrected chi connectivity index (χ1v) is 15.8. The molecule has 0 radical (unpaired) electrons. The van der Waals surface area contributed by atoms with Gasteiger partial charge < -0.3 is 9.79 Å². The van der Waals surface area contributed by atoms with Gasteiger partial charge in [-0.25, -0.2) is 10.5 Å². The maximum absolute atomic E-state index is 11.1. The monoisotopic (exact) mass is 608 g/mol. The second kappa shape index (κ2) is 15.2. The first-order chi connectivity index (χ1) is 17.8. The van der Waals surface area contributed by atoms with E-state index in [2.05, 4.69) is 19.4 Å². The zero-order valence-electron chi connectivity index (χ0n) is 20.1. The van der Waals surface area contributed by atoms with Gasteiger partial charge in [-0.05, 0) is 59.4 Å². The summed E-state index contributed by atoms with van der Waals surface area (Å²) in [6, 6.07) is 17.0. The predicted octanol–water partition coefficient (Wildman–Crippen LogP) is 4.74. The van der Waals surface area contributed by atoms with Crippen LogP contribution in [0.1, 0.15) is 22.3 Å². The van der Waals surface area contributed by atoms with Crippen LogP contribution in [-0.2, 0) is 46.4 Å². The van der Waals surface area contributed by atoms with Gasteiger partial charge in [0.2, 0.25) is 0 Å². The molecule has 0 aliphatic carbocycles. The van der Waals surface area contributed by atoms with E-state index in [0.29, 0.717) is 17.0 Å². The van der Waals surface area contributed by atoms with Gasteiger partial charge >= 0.3 is 7.60 Å². The lowest BCUT2D eigenvalue weighted by atomic mass is 9.94. The zero-order valence-corrected chi connectivity index (χ0v) is 23.8. The van der Waals surface area contributed by atoms with Crippen LogP contribution in [-0.4, -0.2) is 33.3 Å². The maximum atomic E-state index is 11.1. The van der Waals surface area contributed by atoms with Crippen molar-refractivity contribution in [3.05, 3.63) is 82.9 Å². The van der Waals surface area contributed by atoms with Gasteiger partial charge in [-0.3, -0.25) is 9.12 Å². The second-order valence-electron chi connectivity index (χ2n) is 7.86. The lowest BCUT2D eigenvalue weighted by Gasteiger charge is -2.13. The summed E-state index contributed by atoms with van der Waals surface area (Å²) in [6.07, 6.45) is 0.391. The molecule has 12 nitrogen and oxygen atoms in total. The SMILES string of the molecule is Cc1cc(CPOOO)ccc1-c1ccc(CP(=O)(O)O)cc1C.O=S(=O)(O)c1cccc(POOO)c1. The summed E-state index contributed by atoms with van der Waals surface area (Å²) in [4.78, 5) is 17.9. The van der Waals surface area contributed by atoms with Crippen molar-refractivity contribution in [2.45, 2.75) is 31.1 Å². The fraction of sp³-hybridized carbons (Fsp3) is 0.182. The summed E-state index contributed by atoms with van der Waals surface area (Å²) in [5.41, 5.74) is 5.86. The molecule has 38 heavy (non-hydrogen) atoms. The molecule has 0 bridgehead atoms. The van der Waals surface area contributed by atoms with Crippen LogP contribution in [0.25, 0.3) is 11.1 Å². The van der Waals surface area contributed by atoms with Crippen LogP contribution in [0.3, 0.4) is 0 Å². The first kappa shape index (κ1) is 32.6. The van der Waals surface area contributed by atoms with Crippen LogP contribution >= 0.6 is 25.2 Å². The van der Waals surface area contributed by atoms with Gasteiger partial charge in [0.1, 0.15) is 0 Å². The number of aryl methyl sites for hydroxylation is 2. The minimum absolute atomic E-state index is 0.0135. The molecule has 0 aromatic heterocycles. The van der Waals surface area contributed by atoms with Crippen LogP contribution in [0, 0.1) is 13.8 Å². The molecule has 3 aromatic rings. The molecular weight excluding hydrogens is 581 g/mol. The lowest BCUT2D eigenvalue weighted by molar-refractivity contribution is -0.435. The zero-order chi connectivity index (χ0) is 28.3.